The van der Waals surface area contributed by atoms with Crippen molar-refractivity contribution in [3.8, 4) is 28.1 Å². The molecule has 2 amide bonds. The number of ether oxygens (including phenoxy) is 1. The van der Waals surface area contributed by atoms with Crippen molar-refractivity contribution >= 4 is 23.3 Å². The zero-order chi connectivity index (χ0) is 29.8. The average Bonchev–Trinajstić information content (AvgIpc) is 3.00. The SMILES string of the molecule is CCOc1ncccc1-c1ccc(N2CCN(C(=O)c3ccc(F)cc3-c3ccnc(N)c3)C[C@H]2CC)c(C(N)=O)c1. The van der Waals surface area contributed by atoms with E-state index in [0.29, 0.717) is 60.1 Å². The van der Waals surface area contributed by atoms with E-state index in [0.717, 1.165) is 17.5 Å². The van der Waals surface area contributed by atoms with Gasteiger partial charge in [-0.3, -0.25) is 9.59 Å². The van der Waals surface area contributed by atoms with Gasteiger partial charge in [-0.25, -0.2) is 14.4 Å². The average molecular weight is 569 g/mol. The minimum absolute atomic E-state index is 0.0792. The Bertz CT molecular complexity index is 1630. The summed E-state index contributed by atoms with van der Waals surface area (Å²) in [5.41, 5.74) is 15.8. The molecule has 2 aromatic heterocycles. The zero-order valence-corrected chi connectivity index (χ0v) is 23.6. The third-order valence-corrected chi connectivity index (χ3v) is 7.48. The first-order valence-corrected chi connectivity index (χ1v) is 13.9. The maximum atomic E-state index is 14.3. The van der Waals surface area contributed by atoms with Crippen molar-refractivity contribution in [3.05, 3.63) is 90.0 Å². The Labute approximate surface area is 243 Å². The van der Waals surface area contributed by atoms with Crippen LogP contribution >= 0.6 is 0 Å². The van der Waals surface area contributed by atoms with Crippen molar-refractivity contribution in [2.75, 3.05) is 36.9 Å². The number of nitrogens with two attached hydrogens (primary N) is 2. The highest BCUT2D eigenvalue weighted by molar-refractivity contribution is 6.02. The van der Waals surface area contributed by atoms with E-state index in [1.54, 1.807) is 29.3 Å². The number of aromatic nitrogens is 2. The molecule has 1 aliphatic rings. The molecule has 1 aliphatic heterocycles. The molecule has 4 aromatic rings. The summed E-state index contributed by atoms with van der Waals surface area (Å²) in [6.45, 7) is 5.69. The van der Waals surface area contributed by atoms with Crippen LogP contribution in [0, 0.1) is 5.82 Å². The lowest BCUT2D eigenvalue weighted by Crippen LogP contribution is -2.55. The first-order valence-electron chi connectivity index (χ1n) is 13.9. The second-order valence-corrected chi connectivity index (χ2v) is 10.1. The molecule has 0 spiro atoms. The van der Waals surface area contributed by atoms with Crippen molar-refractivity contribution in [2.45, 2.75) is 26.3 Å². The fourth-order valence-electron chi connectivity index (χ4n) is 5.45. The molecular weight excluding hydrogens is 535 g/mol. The van der Waals surface area contributed by atoms with Gasteiger partial charge in [-0.2, -0.15) is 0 Å². The summed E-state index contributed by atoms with van der Waals surface area (Å²) < 4.78 is 20.0. The number of pyridine rings is 2. The molecular formula is C32H33FN6O3. The topological polar surface area (TPSA) is 128 Å². The summed E-state index contributed by atoms with van der Waals surface area (Å²) in [5.74, 6) is -0.436. The predicted octanol–water partition coefficient (Wildman–Crippen LogP) is 4.77. The van der Waals surface area contributed by atoms with Gasteiger partial charge in [0.25, 0.3) is 11.8 Å². The van der Waals surface area contributed by atoms with Crippen LogP contribution in [0.4, 0.5) is 15.9 Å². The van der Waals surface area contributed by atoms with Gasteiger partial charge < -0.3 is 26.0 Å². The molecule has 3 heterocycles. The van der Waals surface area contributed by atoms with E-state index in [2.05, 4.69) is 14.9 Å². The van der Waals surface area contributed by atoms with Crippen LogP contribution in [-0.4, -0.2) is 59.0 Å². The first-order chi connectivity index (χ1) is 20.3. The highest BCUT2D eigenvalue weighted by atomic mass is 19.1. The van der Waals surface area contributed by atoms with Gasteiger partial charge in [-0.1, -0.05) is 13.0 Å². The number of halogens is 1. The Morgan fingerprint density at radius 2 is 1.76 bits per heavy atom. The molecule has 2 aromatic carbocycles. The number of amides is 2. The molecule has 5 rings (SSSR count). The van der Waals surface area contributed by atoms with Crippen molar-refractivity contribution in [3.63, 3.8) is 0 Å². The van der Waals surface area contributed by atoms with Crippen LogP contribution in [0.2, 0.25) is 0 Å². The second kappa shape index (κ2) is 12.3. The number of rotatable bonds is 8. The smallest absolute Gasteiger partial charge is 0.254 e. The Morgan fingerprint density at radius 1 is 0.952 bits per heavy atom. The number of benzene rings is 2. The lowest BCUT2D eigenvalue weighted by atomic mass is 9.97. The summed E-state index contributed by atoms with van der Waals surface area (Å²) in [7, 11) is 0. The molecule has 10 heteroatoms. The van der Waals surface area contributed by atoms with E-state index < -0.39 is 11.7 Å². The van der Waals surface area contributed by atoms with E-state index in [9.17, 15) is 14.0 Å². The standard InChI is InChI=1S/C32H33FN6O3/c1-3-23-19-38(32(41)25-9-8-22(33)18-26(25)21-11-13-36-29(34)17-21)14-15-39(23)28-10-7-20(16-27(28)30(35)40)24-6-5-12-37-31(24)42-4-2/h5-13,16-18,23H,3-4,14-15,19H2,1-2H3,(H2,34,36)(H2,35,40)/t23-/m1/s1. The molecule has 1 atom stereocenters. The van der Waals surface area contributed by atoms with Crippen LogP contribution in [0.5, 0.6) is 5.88 Å². The summed E-state index contributed by atoms with van der Waals surface area (Å²) in [6, 6.07) is 16.7. The molecule has 0 radical (unpaired) electrons. The van der Waals surface area contributed by atoms with E-state index >= 15 is 0 Å². The minimum Gasteiger partial charge on any atom is -0.478 e. The number of carbonyl (C=O) groups excluding carboxylic acids is 2. The first kappa shape index (κ1) is 28.5. The lowest BCUT2D eigenvalue weighted by Gasteiger charge is -2.43. The summed E-state index contributed by atoms with van der Waals surface area (Å²) in [6.07, 6.45) is 3.91. The lowest BCUT2D eigenvalue weighted by molar-refractivity contribution is 0.0721. The molecule has 0 saturated carbocycles. The summed E-state index contributed by atoms with van der Waals surface area (Å²) in [4.78, 5) is 38.7. The van der Waals surface area contributed by atoms with Crippen molar-refractivity contribution in [2.24, 2.45) is 5.73 Å². The summed E-state index contributed by atoms with van der Waals surface area (Å²) in [5, 5.41) is 0. The maximum absolute atomic E-state index is 14.3. The van der Waals surface area contributed by atoms with E-state index in [1.807, 2.05) is 38.1 Å². The van der Waals surface area contributed by atoms with Gasteiger partial charge in [0.1, 0.15) is 11.6 Å². The Balaban J connectivity index is 1.43. The largest absolute Gasteiger partial charge is 0.478 e. The molecule has 0 aliphatic carbocycles. The van der Waals surface area contributed by atoms with E-state index in [1.165, 1.54) is 24.4 Å². The Hall–Kier alpha value is -4.99. The molecule has 4 N–H and O–H groups in total. The number of nitrogens with zero attached hydrogens (tertiary/aromatic N) is 4. The normalized spacial score (nSPS) is 15.0. The monoisotopic (exact) mass is 568 g/mol. The van der Waals surface area contributed by atoms with Gasteiger partial charge in [0.15, 0.2) is 0 Å². The molecule has 0 bridgehead atoms. The predicted molar refractivity (Wildman–Crippen MR) is 161 cm³/mol. The molecule has 9 nitrogen and oxygen atoms in total. The number of hydrogen-bond acceptors (Lipinski definition) is 7. The molecule has 1 fully saturated rings. The van der Waals surface area contributed by atoms with E-state index in [4.69, 9.17) is 16.2 Å². The third-order valence-electron chi connectivity index (χ3n) is 7.48. The van der Waals surface area contributed by atoms with Crippen LogP contribution < -0.4 is 21.1 Å². The fourth-order valence-corrected chi connectivity index (χ4v) is 5.45. The Kier molecular flexibility index (Phi) is 8.33. The number of nitrogen functional groups attached to an aromatic ring is 1. The quantitative estimate of drug-likeness (QED) is 0.313. The number of primary amides is 1. The van der Waals surface area contributed by atoms with Crippen LogP contribution in [0.25, 0.3) is 22.3 Å². The van der Waals surface area contributed by atoms with Crippen molar-refractivity contribution in [1.82, 2.24) is 14.9 Å². The molecule has 216 valence electrons. The minimum atomic E-state index is -0.547. The van der Waals surface area contributed by atoms with Gasteiger partial charge in [-0.15, -0.1) is 0 Å². The second-order valence-electron chi connectivity index (χ2n) is 10.1. The van der Waals surface area contributed by atoms with Crippen LogP contribution in [-0.2, 0) is 0 Å². The number of carbonyl (C=O) groups is 2. The third kappa shape index (κ3) is 5.74. The molecule has 0 unspecified atom stereocenters. The number of anilines is 2. The number of hydrogen-bond donors (Lipinski definition) is 2. The van der Waals surface area contributed by atoms with Crippen LogP contribution in [0.15, 0.2) is 73.1 Å². The Morgan fingerprint density at radius 3 is 2.50 bits per heavy atom. The van der Waals surface area contributed by atoms with Gasteiger partial charge in [0.2, 0.25) is 5.88 Å². The van der Waals surface area contributed by atoms with Crippen molar-refractivity contribution < 1.29 is 18.7 Å². The molecule has 1 saturated heterocycles. The fraction of sp³-hybridized carbons (Fsp3) is 0.250. The number of piperazine rings is 1. The van der Waals surface area contributed by atoms with Gasteiger partial charge in [0, 0.05) is 54.9 Å². The molecule has 42 heavy (non-hydrogen) atoms. The highest BCUT2D eigenvalue weighted by Crippen LogP contribution is 2.34. The van der Waals surface area contributed by atoms with Crippen LogP contribution in [0.1, 0.15) is 41.0 Å². The zero-order valence-electron chi connectivity index (χ0n) is 23.6. The maximum Gasteiger partial charge on any atom is 0.254 e. The van der Waals surface area contributed by atoms with Crippen molar-refractivity contribution in [1.29, 1.82) is 0 Å². The summed E-state index contributed by atoms with van der Waals surface area (Å²) >= 11 is 0. The van der Waals surface area contributed by atoms with Gasteiger partial charge in [-0.05, 0) is 84.6 Å². The van der Waals surface area contributed by atoms with Gasteiger partial charge >= 0.3 is 0 Å². The van der Waals surface area contributed by atoms with Crippen LogP contribution in [0.3, 0.4) is 0 Å². The van der Waals surface area contributed by atoms with E-state index in [-0.39, 0.29) is 17.8 Å². The van der Waals surface area contributed by atoms with Gasteiger partial charge in [0.05, 0.1) is 12.2 Å². The highest BCUT2D eigenvalue weighted by Gasteiger charge is 2.32.